The molecule has 1 aliphatic carbocycles. The smallest absolute Gasteiger partial charge is 0.165 e. The highest BCUT2D eigenvalue weighted by Gasteiger charge is 2.25. The largest absolute Gasteiger partial charge is 0.351 e. The highest BCUT2D eigenvalue weighted by Crippen LogP contribution is 2.28. The maximum atomic E-state index is 13.3. The molecular formula is C13H11ClFO. The Kier molecular flexibility index (Phi) is 3.42. The quantitative estimate of drug-likeness (QED) is 0.730. The van der Waals surface area contributed by atoms with Crippen LogP contribution in [-0.2, 0) is 11.3 Å². The molecule has 16 heavy (non-hydrogen) atoms. The molecule has 0 amide bonds. The summed E-state index contributed by atoms with van der Waals surface area (Å²) in [5, 5.41) is -0.892. The summed E-state index contributed by atoms with van der Waals surface area (Å²) in [5.41, 5.74) is 0.505. The van der Waals surface area contributed by atoms with Crippen molar-refractivity contribution in [3.8, 4) is 0 Å². The lowest BCUT2D eigenvalue weighted by Crippen LogP contribution is -2.23. The van der Waals surface area contributed by atoms with E-state index in [0.717, 1.165) is 0 Å². The molecule has 1 aromatic carbocycles. The summed E-state index contributed by atoms with van der Waals surface area (Å²) in [5.74, 6) is -0.276. The lowest BCUT2D eigenvalue weighted by Gasteiger charge is -2.24. The first-order valence-corrected chi connectivity index (χ1v) is 5.38. The zero-order valence-corrected chi connectivity index (χ0v) is 9.38. The van der Waals surface area contributed by atoms with Crippen LogP contribution in [0.2, 0.25) is 0 Å². The van der Waals surface area contributed by atoms with E-state index < -0.39 is 5.06 Å². The third-order valence-corrected chi connectivity index (χ3v) is 2.70. The van der Waals surface area contributed by atoms with Gasteiger partial charge in [-0.25, -0.2) is 4.39 Å². The molecule has 3 heteroatoms. The minimum Gasteiger partial charge on any atom is -0.351 e. The van der Waals surface area contributed by atoms with Crippen LogP contribution in [0, 0.1) is 11.9 Å². The third-order valence-electron chi connectivity index (χ3n) is 2.33. The highest BCUT2D eigenvalue weighted by molar-refractivity contribution is 6.24. The molecule has 1 radical (unpaired) electrons. The van der Waals surface area contributed by atoms with E-state index in [1.807, 2.05) is 0 Å². The average molecular weight is 238 g/mol. The predicted octanol–water partition coefficient (Wildman–Crippen LogP) is 3.60. The molecule has 0 aromatic heterocycles. The van der Waals surface area contributed by atoms with E-state index in [9.17, 15) is 4.39 Å². The summed E-state index contributed by atoms with van der Waals surface area (Å²) < 4.78 is 18.8. The standard InChI is InChI=1S/C13H11ClFO/c14-13(8-4-1-5-9-13)16-10-11-6-2-3-7-12(11)15/h1-4,6-8H,9-10H2. The van der Waals surface area contributed by atoms with Crippen molar-refractivity contribution in [1.82, 2.24) is 0 Å². The van der Waals surface area contributed by atoms with Gasteiger partial charge in [-0.05, 0) is 18.2 Å². The maximum Gasteiger partial charge on any atom is 0.165 e. The number of rotatable bonds is 3. The summed E-state index contributed by atoms with van der Waals surface area (Å²) in [6, 6.07) is 6.50. The normalized spacial score (nSPS) is 23.6. The van der Waals surface area contributed by atoms with E-state index in [-0.39, 0.29) is 12.4 Å². The molecule has 0 aliphatic heterocycles. The van der Waals surface area contributed by atoms with E-state index in [1.165, 1.54) is 6.07 Å². The Hall–Kier alpha value is -1.12. The zero-order valence-electron chi connectivity index (χ0n) is 8.62. The van der Waals surface area contributed by atoms with Gasteiger partial charge >= 0.3 is 0 Å². The van der Waals surface area contributed by atoms with Crippen molar-refractivity contribution in [2.45, 2.75) is 18.1 Å². The summed E-state index contributed by atoms with van der Waals surface area (Å²) in [4.78, 5) is 0. The minimum atomic E-state index is -0.892. The first-order chi connectivity index (χ1) is 7.70. The minimum absolute atomic E-state index is 0.155. The second kappa shape index (κ2) is 4.81. The van der Waals surface area contributed by atoms with Crippen molar-refractivity contribution in [3.63, 3.8) is 0 Å². The Morgan fingerprint density at radius 1 is 1.44 bits per heavy atom. The molecule has 1 aliphatic rings. The Bertz CT molecular complexity index is 428. The van der Waals surface area contributed by atoms with Crippen molar-refractivity contribution < 1.29 is 9.13 Å². The predicted molar refractivity (Wildman–Crippen MR) is 61.3 cm³/mol. The van der Waals surface area contributed by atoms with E-state index in [2.05, 4.69) is 6.08 Å². The van der Waals surface area contributed by atoms with Crippen LogP contribution < -0.4 is 0 Å². The summed E-state index contributed by atoms with van der Waals surface area (Å²) >= 11 is 6.16. The van der Waals surface area contributed by atoms with Gasteiger partial charge < -0.3 is 4.74 Å². The van der Waals surface area contributed by atoms with Crippen LogP contribution in [0.5, 0.6) is 0 Å². The monoisotopic (exact) mass is 237 g/mol. The summed E-state index contributed by atoms with van der Waals surface area (Å²) in [6.07, 6.45) is 8.74. The van der Waals surface area contributed by atoms with Crippen molar-refractivity contribution in [1.29, 1.82) is 0 Å². The Balaban J connectivity index is 2.00. The molecule has 0 fully saturated rings. The molecule has 0 saturated carbocycles. The molecular weight excluding hydrogens is 227 g/mol. The number of benzene rings is 1. The first-order valence-electron chi connectivity index (χ1n) is 5.00. The van der Waals surface area contributed by atoms with Gasteiger partial charge in [0.05, 0.1) is 6.61 Å². The van der Waals surface area contributed by atoms with Crippen LogP contribution in [0.4, 0.5) is 4.39 Å². The van der Waals surface area contributed by atoms with Crippen LogP contribution in [0.3, 0.4) is 0 Å². The number of hydrogen-bond acceptors (Lipinski definition) is 1. The fourth-order valence-corrected chi connectivity index (χ4v) is 1.63. The summed E-state index contributed by atoms with van der Waals surface area (Å²) in [7, 11) is 0. The molecule has 0 saturated heterocycles. The van der Waals surface area contributed by atoms with Gasteiger partial charge in [0.25, 0.3) is 0 Å². The molecule has 0 heterocycles. The van der Waals surface area contributed by atoms with Crippen LogP contribution in [0.1, 0.15) is 12.0 Å². The number of alkyl halides is 1. The van der Waals surface area contributed by atoms with E-state index in [4.69, 9.17) is 16.3 Å². The Morgan fingerprint density at radius 3 is 2.94 bits per heavy atom. The number of ether oxygens (including phenoxy) is 1. The fourth-order valence-electron chi connectivity index (χ4n) is 1.43. The fraction of sp³-hybridized carbons (Fsp3) is 0.231. The van der Waals surface area contributed by atoms with Gasteiger partial charge in [0.15, 0.2) is 5.06 Å². The zero-order chi connectivity index (χ0) is 11.4. The second-order valence-corrected chi connectivity index (χ2v) is 4.21. The Labute approximate surface area is 99.2 Å². The molecule has 0 spiro atoms. The van der Waals surface area contributed by atoms with Crippen LogP contribution in [-0.4, -0.2) is 5.06 Å². The van der Waals surface area contributed by atoms with E-state index in [1.54, 1.807) is 36.4 Å². The number of allylic oxidation sites excluding steroid dienone is 2. The molecule has 0 N–H and O–H groups in total. The van der Waals surface area contributed by atoms with E-state index >= 15 is 0 Å². The Morgan fingerprint density at radius 2 is 2.25 bits per heavy atom. The van der Waals surface area contributed by atoms with Crippen LogP contribution >= 0.6 is 11.6 Å². The van der Waals surface area contributed by atoms with Gasteiger partial charge in [-0.2, -0.15) is 0 Å². The van der Waals surface area contributed by atoms with Gasteiger partial charge in [-0.1, -0.05) is 42.0 Å². The second-order valence-electron chi connectivity index (χ2n) is 3.57. The molecule has 1 aromatic rings. The SMILES string of the molecule is Fc1ccccc1COC1(Cl)C=CC=[C]C1. The lowest BCUT2D eigenvalue weighted by molar-refractivity contribution is 0.0392. The van der Waals surface area contributed by atoms with Crippen molar-refractivity contribution in [2.24, 2.45) is 0 Å². The van der Waals surface area contributed by atoms with E-state index in [0.29, 0.717) is 12.0 Å². The van der Waals surface area contributed by atoms with Crippen LogP contribution in [0.15, 0.2) is 42.5 Å². The van der Waals surface area contributed by atoms with Gasteiger partial charge in [0.1, 0.15) is 5.82 Å². The van der Waals surface area contributed by atoms with Crippen molar-refractivity contribution >= 4 is 11.6 Å². The van der Waals surface area contributed by atoms with Crippen molar-refractivity contribution in [3.05, 3.63) is 60.0 Å². The molecule has 2 rings (SSSR count). The average Bonchev–Trinajstić information content (AvgIpc) is 2.29. The molecule has 83 valence electrons. The highest BCUT2D eigenvalue weighted by atomic mass is 35.5. The lowest BCUT2D eigenvalue weighted by atomic mass is 10.1. The van der Waals surface area contributed by atoms with Crippen molar-refractivity contribution in [2.75, 3.05) is 0 Å². The van der Waals surface area contributed by atoms with Gasteiger partial charge in [0, 0.05) is 12.0 Å². The number of hydrogen-bond donors (Lipinski definition) is 0. The molecule has 0 bridgehead atoms. The third kappa shape index (κ3) is 2.71. The maximum absolute atomic E-state index is 13.3. The first kappa shape index (κ1) is 11.4. The van der Waals surface area contributed by atoms with Crippen LogP contribution in [0.25, 0.3) is 0 Å². The summed E-state index contributed by atoms with van der Waals surface area (Å²) in [6.45, 7) is 0.155. The topological polar surface area (TPSA) is 9.23 Å². The van der Waals surface area contributed by atoms with Gasteiger partial charge in [-0.3, -0.25) is 0 Å². The molecule has 1 unspecified atom stereocenters. The van der Waals surface area contributed by atoms with Gasteiger partial charge in [0.2, 0.25) is 0 Å². The number of halogens is 2. The molecule has 1 nitrogen and oxygen atoms in total. The van der Waals surface area contributed by atoms with Gasteiger partial charge in [-0.15, -0.1) is 0 Å². The molecule has 1 atom stereocenters.